The number of nitrogens with one attached hydrogen (secondary N) is 1. The highest BCUT2D eigenvalue weighted by Gasteiger charge is 2.11. The molecule has 0 spiro atoms. The van der Waals surface area contributed by atoms with Gasteiger partial charge in [-0.25, -0.2) is 4.98 Å². The van der Waals surface area contributed by atoms with E-state index in [0.717, 1.165) is 27.8 Å². The summed E-state index contributed by atoms with van der Waals surface area (Å²) in [4.78, 5) is 11.9. The van der Waals surface area contributed by atoms with Gasteiger partial charge in [0.2, 0.25) is 0 Å². The Morgan fingerprint density at radius 2 is 2.10 bits per heavy atom. The second-order valence-corrected chi connectivity index (χ2v) is 5.28. The average Bonchev–Trinajstić information content (AvgIpc) is 3.03. The molecule has 0 atom stereocenters. The van der Waals surface area contributed by atoms with Crippen LogP contribution in [0.5, 0.6) is 0 Å². The minimum absolute atomic E-state index is 0.535. The standard InChI is InChI=1S/C14H12N6S/c1-19-8-16-12(18-19)7-20-13-9-4-2-3-5-10(9)15-6-11(13)17-14(20)21/h2-6,8H,7H2,1H3,(H,17,21). The van der Waals surface area contributed by atoms with Crippen molar-refractivity contribution in [2.24, 2.45) is 7.05 Å². The predicted octanol–water partition coefficient (Wildman–Crippen LogP) is 2.42. The Morgan fingerprint density at radius 3 is 2.90 bits per heavy atom. The molecule has 4 rings (SSSR count). The molecule has 104 valence electrons. The fraction of sp³-hybridized carbons (Fsp3) is 0.143. The number of H-pyrrole nitrogens is 1. The summed E-state index contributed by atoms with van der Waals surface area (Å²) in [6.45, 7) is 0.535. The number of aromatic nitrogens is 6. The third kappa shape index (κ3) is 1.93. The number of imidazole rings is 1. The van der Waals surface area contributed by atoms with Crippen LogP contribution in [0.15, 0.2) is 36.8 Å². The molecule has 3 aromatic heterocycles. The molecule has 7 heteroatoms. The number of nitrogens with zero attached hydrogens (tertiary/aromatic N) is 5. The zero-order chi connectivity index (χ0) is 14.4. The van der Waals surface area contributed by atoms with Crippen molar-refractivity contribution in [2.45, 2.75) is 6.54 Å². The van der Waals surface area contributed by atoms with Crippen LogP contribution in [0.4, 0.5) is 0 Å². The molecule has 0 bridgehead atoms. The van der Waals surface area contributed by atoms with Crippen molar-refractivity contribution in [3.05, 3.63) is 47.4 Å². The van der Waals surface area contributed by atoms with Crippen LogP contribution in [-0.4, -0.2) is 29.3 Å². The third-order valence-corrected chi connectivity index (χ3v) is 3.77. The molecule has 0 radical (unpaired) electrons. The number of rotatable bonds is 2. The van der Waals surface area contributed by atoms with E-state index in [4.69, 9.17) is 12.2 Å². The number of para-hydroxylation sites is 1. The van der Waals surface area contributed by atoms with Crippen LogP contribution in [-0.2, 0) is 13.6 Å². The van der Waals surface area contributed by atoms with Crippen LogP contribution in [0.1, 0.15) is 5.82 Å². The molecular formula is C14H12N6S. The fourth-order valence-electron chi connectivity index (χ4n) is 2.54. The monoisotopic (exact) mass is 296 g/mol. The first-order valence-electron chi connectivity index (χ1n) is 6.53. The Kier molecular flexibility index (Phi) is 2.61. The Morgan fingerprint density at radius 1 is 1.24 bits per heavy atom. The van der Waals surface area contributed by atoms with E-state index in [9.17, 15) is 0 Å². The van der Waals surface area contributed by atoms with E-state index in [1.807, 2.05) is 36.0 Å². The van der Waals surface area contributed by atoms with Crippen molar-refractivity contribution in [3.63, 3.8) is 0 Å². The number of aryl methyl sites for hydroxylation is 1. The van der Waals surface area contributed by atoms with Gasteiger partial charge in [-0.2, -0.15) is 5.10 Å². The van der Waals surface area contributed by atoms with Crippen LogP contribution in [0, 0.1) is 4.77 Å². The summed E-state index contributed by atoms with van der Waals surface area (Å²) in [7, 11) is 1.85. The van der Waals surface area contributed by atoms with Gasteiger partial charge in [-0.3, -0.25) is 9.67 Å². The lowest BCUT2D eigenvalue weighted by molar-refractivity contribution is 0.707. The summed E-state index contributed by atoms with van der Waals surface area (Å²) in [6.07, 6.45) is 3.50. The van der Waals surface area contributed by atoms with Crippen molar-refractivity contribution in [2.75, 3.05) is 0 Å². The Bertz CT molecular complexity index is 1010. The zero-order valence-electron chi connectivity index (χ0n) is 11.3. The Hall–Kier alpha value is -2.54. The first-order chi connectivity index (χ1) is 10.2. The average molecular weight is 296 g/mol. The van der Waals surface area contributed by atoms with Gasteiger partial charge in [-0.05, 0) is 18.3 Å². The molecule has 4 aromatic rings. The highest BCUT2D eigenvalue weighted by atomic mass is 32.1. The summed E-state index contributed by atoms with van der Waals surface area (Å²) < 4.78 is 4.35. The van der Waals surface area contributed by atoms with Crippen LogP contribution in [0.25, 0.3) is 21.9 Å². The fourth-order valence-corrected chi connectivity index (χ4v) is 2.81. The number of hydrogen-bond acceptors (Lipinski definition) is 4. The molecule has 6 nitrogen and oxygen atoms in total. The first kappa shape index (κ1) is 12.2. The maximum absolute atomic E-state index is 5.44. The van der Waals surface area contributed by atoms with Gasteiger partial charge in [0.05, 0.1) is 29.3 Å². The number of pyridine rings is 1. The molecule has 1 N–H and O–H groups in total. The highest BCUT2D eigenvalue weighted by Crippen LogP contribution is 2.23. The number of benzene rings is 1. The highest BCUT2D eigenvalue weighted by molar-refractivity contribution is 7.71. The summed E-state index contributed by atoms with van der Waals surface area (Å²) in [5.41, 5.74) is 2.91. The molecular weight excluding hydrogens is 284 g/mol. The lowest BCUT2D eigenvalue weighted by Crippen LogP contribution is -2.03. The zero-order valence-corrected chi connectivity index (χ0v) is 12.1. The quantitative estimate of drug-likeness (QED) is 0.577. The number of fused-ring (bicyclic) bond motifs is 3. The van der Waals surface area contributed by atoms with Crippen molar-refractivity contribution in [3.8, 4) is 0 Å². The normalized spacial score (nSPS) is 11.5. The largest absolute Gasteiger partial charge is 0.329 e. The summed E-state index contributed by atoms with van der Waals surface area (Å²) in [6, 6.07) is 8.03. The molecule has 0 aliphatic rings. The summed E-state index contributed by atoms with van der Waals surface area (Å²) in [5, 5.41) is 5.39. The van der Waals surface area contributed by atoms with E-state index in [2.05, 4.69) is 26.1 Å². The second-order valence-electron chi connectivity index (χ2n) is 4.89. The molecule has 0 unspecified atom stereocenters. The molecule has 3 heterocycles. The van der Waals surface area contributed by atoms with Gasteiger partial charge in [0.15, 0.2) is 10.6 Å². The SMILES string of the molecule is Cn1cnc(Cn2c(=S)[nH]c3cnc4ccccc4c32)n1. The summed E-state index contributed by atoms with van der Waals surface area (Å²) >= 11 is 5.44. The molecule has 0 saturated heterocycles. The van der Waals surface area contributed by atoms with E-state index < -0.39 is 0 Å². The maximum atomic E-state index is 5.44. The molecule has 1 aromatic carbocycles. The summed E-state index contributed by atoms with van der Waals surface area (Å²) in [5.74, 6) is 0.732. The number of hydrogen-bond donors (Lipinski definition) is 1. The van der Waals surface area contributed by atoms with E-state index in [1.165, 1.54) is 0 Å². The van der Waals surface area contributed by atoms with E-state index in [0.29, 0.717) is 11.3 Å². The van der Waals surface area contributed by atoms with Gasteiger partial charge in [-0.1, -0.05) is 18.2 Å². The lowest BCUT2D eigenvalue weighted by atomic mass is 10.2. The Labute approximate surface area is 125 Å². The van der Waals surface area contributed by atoms with Gasteiger partial charge in [0, 0.05) is 12.4 Å². The van der Waals surface area contributed by atoms with Crippen LogP contribution in [0.2, 0.25) is 0 Å². The van der Waals surface area contributed by atoms with Gasteiger partial charge >= 0.3 is 0 Å². The molecule has 0 amide bonds. The van der Waals surface area contributed by atoms with E-state index in [-0.39, 0.29) is 0 Å². The van der Waals surface area contributed by atoms with E-state index >= 15 is 0 Å². The molecule has 0 saturated carbocycles. The molecule has 0 aliphatic heterocycles. The van der Waals surface area contributed by atoms with E-state index in [1.54, 1.807) is 11.0 Å². The van der Waals surface area contributed by atoms with Gasteiger partial charge in [0.1, 0.15) is 6.33 Å². The van der Waals surface area contributed by atoms with Crippen molar-refractivity contribution in [1.82, 2.24) is 29.3 Å². The molecule has 0 fully saturated rings. The predicted molar refractivity (Wildman–Crippen MR) is 82.5 cm³/mol. The van der Waals surface area contributed by atoms with Gasteiger partial charge < -0.3 is 9.55 Å². The van der Waals surface area contributed by atoms with Crippen LogP contribution >= 0.6 is 12.2 Å². The van der Waals surface area contributed by atoms with Gasteiger partial charge in [0.25, 0.3) is 0 Å². The third-order valence-electron chi connectivity index (χ3n) is 3.45. The molecule has 0 aliphatic carbocycles. The van der Waals surface area contributed by atoms with Crippen LogP contribution < -0.4 is 0 Å². The maximum Gasteiger partial charge on any atom is 0.178 e. The van der Waals surface area contributed by atoms with Gasteiger partial charge in [-0.15, -0.1) is 0 Å². The first-order valence-corrected chi connectivity index (χ1v) is 6.94. The molecule has 21 heavy (non-hydrogen) atoms. The second kappa shape index (κ2) is 4.49. The minimum atomic E-state index is 0.535. The van der Waals surface area contributed by atoms with Crippen molar-refractivity contribution >= 4 is 34.2 Å². The lowest BCUT2D eigenvalue weighted by Gasteiger charge is -2.04. The minimum Gasteiger partial charge on any atom is -0.329 e. The van der Waals surface area contributed by atoms with Crippen molar-refractivity contribution in [1.29, 1.82) is 0 Å². The smallest absolute Gasteiger partial charge is 0.178 e. The topological polar surface area (TPSA) is 64.3 Å². The number of aromatic amines is 1. The Balaban J connectivity index is 2.01. The van der Waals surface area contributed by atoms with Crippen molar-refractivity contribution < 1.29 is 0 Å². The van der Waals surface area contributed by atoms with Crippen LogP contribution in [0.3, 0.4) is 0 Å².